The molecule has 0 atom stereocenters. The van der Waals surface area contributed by atoms with Crippen molar-refractivity contribution in [2.24, 2.45) is 0 Å². The van der Waals surface area contributed by atoms with Gasteiger partial charge in [-0.05, 0) is 55.5 Å². The number of aromatic amines is 1. The molecule has 1 saturated heterocycles. The number of methoxy groups -OCH3 is 3. The number of ether oxygens (including phenoxy) is 3. The molecule has 1 fully saturated rings. The van der Waals surface area contributed by atoms with Crippen molar-refractivity contribution in [2.75, 3.05) is 47.5 Å². The lowest BCUT2D eigenvalue weighted by atomic mass is 9.96. The molecular formula is C26H33N3O5S. The molecule has 1 aliphatic carbocycles. The van der Waals surface area contributed by atoms with Gasteiger partial charge in [-0.3, -0.25) is 4.90 Å². The Morgan fingerprint density at radius 3 is 2.34 bits per heavy atom. The molecule has 8 nitrogen and oxygen atoms in total. The first-order valence-electron chi connectivity index (χ1n) is 12.1. The summed E-state index contributed by atoms with van der Waals surface area (Å²) < 4.78 is 45.1. The van der Waals surface area contributed by atoms with Crippen LogP contribution in [-0.4, -0.2) is 70.1 Å². The maximum atomic E-state index is 13.5. The fourth-order valence-electron chi connectivity index (χ4n) is 5.35. The fraction of sp³-hybridized carbons (Fsp3) is 0.462. The van der Waals surface area contributed by atoms with E-state index in [1.165, 1.54) is 17.7 Å². The van der Waals surface area contributed by atoms with Crippen LogP contribution in [0.3, 0.4) is 0 Å². The number of aromatic nitrogens is 1. The molecule has 9 heteroatoms. The number of rotatable bonds is 7. The Hall–Kier alpha value is -2.75. The number of nitrogens with zero attached hydrogens (tertiary/aromatic N) is 2. The minimum atomic E-state index is -3.56. The first kappa shape index (κ1) is 24.0. The lowest BCUT2D eigenvalue weighted by Crippen LogP contribution is -2.48. The van der Waals surface area contributed by atoms with Gasteiger partial charge in [0.15, 0.2) is 11.5 Å². The molecule has 1 aliphatic heterocycles. The molecule has 0 amide bonds. The topological polar surface area (TPSA) is 84.1 Å². The van der Waals surface area contributed by atoms with Crippen LogP contribution in [0.4, 0.5) is 0 Å². The minimum absolute atomic E-state index is 0.382. The largest absolute Gasteiger partial charge is 0.493 e. The van der Waals surface area contributed by atoms with Gasteiger partial charge in [-0.25, -0.2) is 8.42 Å². The van der Waals surface area contributed by atoms with Crippen LogP contribution in [0.15, 0.2) is 35.2 Å². The lowest BCUT2D eigenvalue weighted by Gasteiger charge is -2.34. The van der Waals surface area contributed by atoms with Crippen LogP contribution in [0.2, 0.25) is 0 Å². The van der Waals surface area contributed by atoms with E-state index in [1.807, 2.05) is 24.3 Å². The average molecular weight is 500 g/mol. The SMILES string of the molecule is COc1ccc(CN2CCN(S(=O)(=O)c3ccc4[nH]c5c(c4c3)CCCC5)CC2)c(OC)c1OC. The molecule has 2 heterocycles. The van der Waals surface area contributed by atoms with E-state index in [9.17, 15) is 8.42 Å². The van der Waals surface area contributed by atoms with Crippen molar-refractivity contribution >= 4 is 20.9 Å². The summed E-state index contributed by atoms with van der Waals surface area (Å²) in [4.78, 5) is 6.11. The van der Waals surface area contributed by atoms with Gasteiger partial charge >= 0.3 is 0 Å². The number of piperazine rings is 1. The quantitative estimate of drug-likeness (QED) is 0.535. The Kier molecular flexibility index (Phi) is 6.65. The molecule has 3 aromatic rings. The smallest absolute Gasteiger partial charge is 0.243 e. The fourth-order valence-corrected chi connectivity index (χ4v) is 6.80. The van der Waals surface area contributed by atoms with Crippen molar-refractivity contribution in [3.8, 4) is 17.2 Å². The highest BCUT2D eigenvalue weighted by Gasteiger charge is 2.30. The highest BCUT2D eigenvalue weighted by molar-refractivity contribution is 7.89. The molecule has 1 N–H and O–H groups in total. The number of benzene rings is 2. The van der Waals surface area contributed by atoms with Gasteiger partial charge in [-0.1, -0.05) is 6.07 Å². The van der Waals surface area contributed by atoms with E-state index in [-0.39, 0.29) is 0 Å². The van der Waals surface area contributed by atoms with Crippen molar-refractivity contribution < 1.29 is 22.6 Å². The second-order valence-electron chi connectivity index (χ2n) is 9.17. The number of aryl methyl sites for hydroxylation is 2. The standard InChI is InChI=1S/C26H33N3O5S/c1-32-24-11-8-18(25(33-2)26(24)34-3)17-28-12-14-29(15-13-28)35(30,31)19-9-10-23-21(16-19)20-6-4-5-7-22(20)27-23/h8-11,16,27H,4-7,12-15,17H2,1-3H3. The molecule has 0 radical (unpaired) electrons. The summed E-state index contributed by atoms with van der Waals surface area (Å²) in [6.07, 6.45) is 4.39. The molecule has 2 aromatic carbocycles. The molecule has 2 aliphatic rings. The van der Waals surface area contributed by atoms with Crippen LogP contribution < -0.4 is 14.2 Å². The van der Waals surface area contributed by atoms with Crippen molar-refractivity contribution in [3.05, 3.63) is 47.2 Å². The summed E-state index contributed by atoms with van der Waals surface area (Å²) >= 11 is 0. The Labute approximate surface area is 206 Å². The maximum absolute atomic E-state index is 13.5. The van der Waals surface area contributed by atoms with Crippen molar-refractivity contribution in [1.29, 1.82) is 0 Å². The van der Waals surface area contributed by atoms with Crippen LogP contribution in [0.5, 0.6) is 17.2 Å². The third kappa shape index (κ3) is 4.37. The third-order valence-corrected chi connectivity index (χ3v) is 9.11. The first-order chi connectivity index (χ1) is 17.0. The summed E-state index contributed by atoms with van der Waals surface area (Å²) in [5.74, 6) is 1.82. The van der Waals surface area contributed by atoms with Gasteiger partial charge in [0, 0.05) is 54.9 Å². The summed E-state index contributed by atoms with van der Waals surface area (Å²) in [5.41, 5.74) is 4.56. The third-order valence-electron chi connectivity index (χ3n) is 7.22. The van der Waals surface area contributed by atoms with Crippen molar-refractivity contribution in [3.63, 3.8) is 0 Å². The van der Waals surface area contributed by atoms with Crippen LogP contribution in [0.1, 0.15) is 29.7 Å². The average Bonchev–Trinajstić information content (AvgIpc) is 3.26. The van der Waals surface area contributed by atoms with Crippen LogP contribution in [-0.2, 0) is 29.4 Å². The second-order valence-corrected chi connectivity index (χ2v) is 11.1. The zero-order valence-electron chi connectivity index (χ0n) is 20.6. The minimum Gasteiger partial charge on any atom is -0.493 e. The summed E-state index contributed by atoms with van der Waals surface area (Å²) in [5, 5.41) is 1.06. The molecule has 0 unspecified atom stereocenters. The Morgan fingerprint density at radius 1 is 0.886 bits per heavy atom. The molecule has 5 rings (SSSR count). The first-order valence-corrected chi connectivity index (χ1v) is 13.5. The molecule has 0 saturated carbocycles. The lowest BCUT2D eigenvalue weighted by molar-refractivity contribution is 0.179. The van der Waals surface area contributed by atoms with Crippen LogP contribution in [0, 0.1) is 0 Å². The van der Waals surface area contributed by atoms with E-state index >= 15 is 0 Å². The van der Waals surface area contributed by atoms with Gasteiger partial charge in [0.2, 0.25) is 15.8 Å². The normalized spacial score (nSPS) is 17.3. The van der Waals surface area contributed by atoms with Crippen LogP contribution in [0.25, 0.3) is 10.9 Å². The maximum Gasteiger partial charge on any atom is 0.243 e. The van der Waals surface area contributed by atoms with Crippen molar-refractivity contribution in [1.82, 2.24) is 14.2 Å². The Morgan fingerprint density at radius 2 is 1.63 bits per heavy atom. The van der Waals surface area contributed by atoms with Gasteiger partial charge in [0.25, 0.3) is 0 Å². The zero-order valence-corrected chi connectivity index (χ0v) is 21.4. The van der Waals surface area contributed by atoms with Gasteiger partial charge in [-0.15, -0.1) is 0 Å². The van der Waals surface area contributed by atoms with E-state index in [0.717, 1.165) is 35.7 Å². The molecule has 188 valence electrons. The highest BCUT2D eigenvalue weighted by atomic mass is 32.2. The van der Waals surface area contributed by atoms with Gasteiger partial charge in [0.05, 0.1) is 26.2 Å². The monoisotopic (exact) mass is 499 g/mol. The zero-order chi connectivity index (χ0) is 24.6. The van der Waals surface area contributed by atoms with Gasteiger partial charge < -0.3 is 19.2 Å². The van der Waals surface area contributed by atoms with E-state index in [0.29, 0.717) is 54.9 Å². The number of fused-ring (bicyclic) bond motifs is 3. The molecule has 0 spiro atoms. The van der Waals surface area contributed by atoms with Crippen molar-refractivity contribution in [2.45, 2.75) is 37.1 Å². The number of hydrogen-bond acceptors (Lipinski definition) is 6. The molecule has 0 bridgehead atoms. The number of H-pyrrole nitrogens is 1. The predicted octanol–water partition coefficient (Wildman–Crippen LogP) is 3.58. The molecular weight excluding hydrogens is 466 g/mol. The summed E-state index contributed by atoms with van der Waals surface area (Å²) in [6, 6.07) is 9.36. The molecule has 1 aromatic heterocycles. The van der Waals surface area contributed by atoms with E-state index in [1.54, 1.807) is 31.7 Å². The van der Waals surface area contributed by atoms with E-state index in [4.69, 9.17) is 14.2 Å². The number of hydrogen-bond donors (Lipinski definition) is 1. The van der Waals surface area contributed by atoms with E-state index in [2.05, 4.69) is 9.88 Å². The molecule has 35 heavy (non-hydrogen) atoms. The second kappa shape index (κ2) is 9.72. The van der Waals surface area contributed by atoms with Crippen LogP contribution >= 0.6 is 0 Å². The Balaban J connectivity index is 1.31. The number of nitrogens with one attached hydrogen (secondary N) is 1. The summed E-state index contributed by atoms with van der Waals surface area (Å²) in [6.45, 7) is 2.80. The van der Waals surface area contributed by atoms with Gasteiger partial charge in [0.1, 0.15) is 0 Å². The predicted molar refractivity (Wildman–Crippen MR) is 135 cm³/mol. The Bertz CT molecular complexity index is 1330. The summed E-state index contributed by atoms with van der Waals surface area (Å²) in [7, 11) is 1.25. The number of sulfonamides is 1. The van der Waals surface area contributed by atoms with Gasteiger partial charge in [-0.2, -0.15) is 4.31 Å². The highest BCUT2D eigenvalue weighted by Crippen LogP contribution is 2.40. The van der Waals surface area contributed by atoms with E-state index < -0.39 is 10.0 Å².